The van der Waals surface area contributed by atoms with Crippen LogP contribution >= 0.6 is 0 Å². The van der Waals surface area contributed by atoms with Crippen LogP contribution in [0.4, 0.5) is 4.79 Å². The van der Waals surface area contributed by atoms with Gasteiger partial charge in [-0.05, 0) is 40.0 Å². The molecule has 2 saturated heterocycles. The van der Waals surface area contributed by atoms with Crippen molar-refractivity contribution in [2.75, 3.05) is 6.54 Å². The molecule has 4 nitrogen and oxygen atoms in total. The predicted molar refractivity (Wildman–Crippen MR) is 60.1 cm³/mol. The highest BCUT2D eigenvalue weighted by Gasteiger charge is 2.42. The number of rotatable bonds is 0. The number of hydrogen-bond donors (Lipinski definition) is 1. The second kappa shape index (κ2) is 3.91. The molecule has 16 heavy (non-hydrogen) atoms. The summed E-state index contributed by atoms with van der Waals surface area (Å²) in [7, 11) is 0. The third-order valence-corrected chi connectivity index (χ3v) is 3.43. The lowest BCUT2D eigenvalue weighted by molar-refractivity contribution is -0.0584. The van der Waals surface area contributed by atoms with Crippen molar-refractivity contribution in [1.29, 1.82) is 0 Å². The number of carbonyl (C=O) groups is 1. The summed E-state index contributed by atoms with van der Waals surface area (Å²) in [5.41, 5.74) is -0.438. The first-order chi connectivity index (χ1) is 7.37. The molecule has 1 N–H and O–H groups in total. The van der Waals surface area contributed by atoms with E-state index in [2.05, 4.69) is 0 Å². The molecule has 4 heteroatoms. The zero-order chi connectivity index (χ0) is 11.9. The molecule has 3 atom stereocenters. The predicted octanol–water partition coefficient (Wildman–Crippen LogP) is 1.77. The third kappa shape index (κ3) is 2.32. The summed E-state index contributed by atoms with van der Waals surface area (Å²) in [6.07, 6.45) is 2.29. The largest absolute Gasteiger partial charge is 0.444 e. The molecule has 0 aromatic heterocycles. The van der Waals surface area contributed by atoms with Crippen LogP contribution < -0.4 is 0 Å². The number of nitrogens with zero attached hydrogens (tertiary/aromatic N) is 1. The van der Waals surface area contributed by atoms with E-state index in [1.807, 2.05) is 20.8 Å². The van der Waals surface area contributed by atoms with Crippen molar-refractivity contribution in [2.24, 2.45) is 5.92 Å². The van der Waals surface area contributed by atoms with E-state index in [0.29, 0.717) is 13.0 Å². The van der Waals surface area contributed by atoms with E-state index in [0.717, 1.165) is 12.8 Å². The monoisotopic (exact) mass is 227 g/mol. The lowest BCUT2D eigenvalue weighted by atomic mass is 9.78. The molecule has 3 aliphatic rings. The minimum absolute atomic E-state index is 0.176. The van der Waals surface area contributed by atoms with Gasteiger partial charge in [-0.15, -0.1) is 0 Å². The van der Waals surface area contributed by atoms with Crippen LogP contribution in [0.25, 0.3) is 0 Å². The minimum atomic E-state index is -0.438. The van der Waals surface area contributed by atoms with Crippen molar-refractivity contribution >= 4 is 6.09 Å². The standard InChI is InChI=1S/C12H21NO3/c1-12(2,3)16-11(15)13-7-8-4-5-9(13)6-10(8)14/h8-10,14H,4-7H2,1-3H3/t8-,9-,10?/m1/s1. The number of aliphatic hydroxyl groups is 1. The Labute approximate surface area is 96.6 Å². The van der Waals surface area contributed by atoms with Crippen LogP contribution in [-0.2, 0) is 4.74 Å². The molecule has 1 saturated carbocycles. The molecule has 1 aliphatic carbocycles. The average molecular weight is 227 g/mol. The molecular formula is C12H21NO3. The number of piperidine rings is 2. The molecule has 0 radical (unpaired) electrons. The van der Waals surface area contributed by atoms with E-state index >= 15 is 0 Å². The molecule has 2 aliphatic heterocycles. The Morgan fingerprint density at radius 1 is 1.38 bits per heavy atom. The molecule has 0 aromatic carbocycles. The molecule has 0 aromatic rings. The summed E-state index contributed by atoms with van der Waals surface area (Å²) in [6.45, 7) is 6.28. The Morgan fingerprint density at radius 3 is 2.50 bits per heavy atom. The Morgan fingerprint density at radius 2 is 2.06 bits per heavy atom. The fraction of sp³-hybridized carbons (Fsp3) is 0.917. The van der Waals surface area contributed by atoms with Gasteiger partial charge in [0.05, 0.1) is 6.10 Å². The van der Waals surface area contributed by atoms with Gasteiger partial charge in [0.2, 0.25) is 0 Å². The first kappa shape index (κ1) is 11.7. The normalized spacial score (nSPS) is 34.0. The molecule has 0 spiro atoms. The molecule has 92 valence electrons. The summed E-state index contributed by atoms with van der Waals surface area (Å²) in [5, 5.41) is 9.75. The Bertz CT molecular complexity index is 284. The van der Waals surface area contributed by atoms with Crippen molar-refractivity contribution in [1.82, 2.24) is 4.90 Å². The summed E-state index contributed by atoms with van der Waals surface area (Å²) in [4.78, 5) is 13.7. The topological polar surface area (TPSA) is 49.8 Å². The average Bonchev–Trinajstić information content (AvgIpc) is 2.15. The first-order valence-corrected chi connectivity index (χ1v) is 6.04. The smallest absolute Gasteiger partial charge is 0.410 e. The fourth-order valence-electron chi connectivity index (χ4n) is 2.63. The summed E-state index contributed by atoms with van der Waals surface area (Å²) < 4.78 is 5.37. The van der Waals surface area contributed by atoms with Crippen molar-refractivity contribution in [2.45, 2.75) is 57.8 Å². The highest BCUT2D eigenvalue weighted by molar-refractivity contribution is 5.69. The molecule has 2 bridgehead atoms. The number of ether oxygens (including phenoxy) is 1. The zero-order valence-corrected chi connectivity index (χ0v) is 10.3. The quantitative estimate of drug-likeness (QED) is 0.686. The van der Waals surface area contributed by atoms with Gasteiger partial charge in [-0.2, -0.15) is 0 Å². The summed E-state index contributed by atoms with van der Waals surface area (Å²) in [6, 6.07) is 0.176. The van der Waals surface area contributed by atoms with Gasteiger partial charge in [0.25, 0.3) is 0 Å². The lowest BCUT2D eigenvalue weighted by Gasteiger charge is -2.47. The van der Waals surface area contributed by atoms with Gasteiger partial charge in [-0.3, -0.25) is 0 Å². The van der Waals surface area contributed by atoms with Gasteiger partial charge in [-0.1, -0.05) is 0 Å². The molecule has 1 unspecified atom stereocenters. The summed E-state index contributed by atoms with van der Waals surface area (Å²) in [5.74, 6) is 0.248. The van der Waals surface area contributed by atoms with E-state index in [4.69, 9.17) is 4.74 Å². The molecule has 1 amide bonds. The Kier molecular flexibility index (Phi) is 2.86. The SMILES string of the molecule is CC(C)(C)OC(=O)N1C[C@H]2CC[C@@H]1CC2O. The van der Waals surface area contributed by atoms with Crippen LogP contribution in [0.1, 0.15) is 40.0 Å². The lowest BCUT2D eigenvalue weighted by Crippen LogP contribution is -2.56. The minimum Gasteiger partial charge on any atom is -0.444 e. The van der Waals surface area contributed by atoms with Gasteiger partial charge in [-0.25, -0.2) is 4.79 Å². The van der Waals surface area contributed by atoms with E-state index in [-0.39, 0.29) is 24.2 Å². The van der Waals surface area contributed by atoms with Crippen LogP contribution in [0.5, 0.6) is 0 Å². The van der Waals surface area contributed by atoms with Crippen molar-refractivity contribution < 1.29 is 14.6 Å². The maximum Gasteiger partial charge on any atom is 0.410 e. The van der Waals surface area contributed by atoms with E-state index < -0.39 is 5.60 Å². The third-order valence-electron chi connectivity index (χ3n) is 3.43. The van der Waals surface area contributed by atoms with Crippen LogP contribution in [0.15, 0.2) is 0 Å². The van der Waals surface area contributed by atoms with Crippen LogP contribution in [0.3, 0.4) is 0 Å². The molecule has 3 fully saturated rings. The van der Waals surface area contributed by atoms with Gasteiger partial charge in [0.1, 0.15) is 5.60 Å². The van der Waals surface area contributed by atoms with Crippen LogP contribution in [0.2, 0.25) is 0 Å². The van der Waals surface area contributed by atoms with E-state index in [9.17, 15) is 9.90 Å². The van der Waals surface area contributed by atoms with Crippen molar-refractivity contribution in [3.63, 3.8) is 0 Å². The van der Waals surface area contributed by atoms with Crippen molar-refractivity contribution in [3.05, 3.63) is 0 Å². The van der Waals surface area contributed by atoms with Crippen LogP contribution in [-0.4, -0.2) is 40.4 Å². The zero-order valence-electron chi connectivity index (χ0n) is 10.3. The van der Waals surface area contributed by atoms with Gasteiger partial charge < -0.3 is 14.7 Å². The molecular weight excluding hydrogens is 206 g/mol. The molecule has 3 rings (SSSR count). The van der Waals surface area contributed by atoms with Crippen LogP contribution in [0, 0.1) is 5.92 Å². The maximum atomic E-state index is 11.9. The van der Waals surface area contributed by atoms with E-state index in [1.54, 1.807) is 4.90 Å². The number of amides is 1. The maximum absolute atomic E-state index is 11.9. The fourth-order valence-corrected chi connectivity index (χ4v) is 2.63. The number of carbonyl (C=O) groups excluding carboxylic acids is 1. The number of fused-ring (bicyclic) bond motifs is 3. The highest BCUT2D eigenvalue weighted by Crippen LogP contribution is 2.35. The highest BCUT2D eigenvalue weighted by atomic mass is 16.6. The number of aliphatic hydroxyl groups excluding tert-OH is 1. The van der Waals surface area contributed by atoms with Crippen molar-refractivity contribution in [3.8, 4) is 0 Å². The second-order valence-electron chi connectivity index (χ2n) is 5.93. The Balaban J connectivity index is 1.99. The number of hydrogen-bond acceptors (Lipinski definition) is 3. The van der Waals surface area contributed by atoms with E-state index in [1.165, 1.54) is 0 Å². The van der Waals surface area contributed by atoms with Gasteiger partial charge in [0, 0.05) is 18.5 Å². The Hall–Kier alpha value is -0.770. The molecule has 2 heterocycles. The second-order valence-corrected chi connectivity index (χ2v) is 5.93. The van der Waals surface area contributed by atoms with Gasteiger partial charge >= 0.3 is 6.09 Å². The van der Waals surface area contributed by atoms with Gasteiger partial charge in [0.15, 0.2) is 0 Å². The first-order valence-electron chi connectivity index (χ1n) is 6.04. The summed E-state index contributed by atoms with van der Waals surface area (Å²) >= 11 is 0.